The second-order valence-electron chi connectivity index (χ2n) is 0.478. The lowest BCUT2D eigenvalue weighted by Crippen LogP contribution is -1.62. The molecule has 2 heteroatoms. The van der Waals surface area contributed by atoms with Crippen LogP contribution in [0.25, 0.3) is 0 Å². The lowest BCUT2D eigenvalue weighted by Gasteiger charge is -1.66. The van der Waals surface area contributed by atoms with Crippen LogP contribution in [0.3, 0.4) is 0 Å². The van der Waals surface area contributed by atoms with E-state index in [0.717, 1.165) is 11.2 Å². The Morgan fingerprint density at radius 1 is 1.75 bits per heavy atom. The Morgan fingerprint density at radius 3 is 2.00 bits per heavy atom. The minimum atomic E-state index is 0.755. The first-order valence-electron chi connectivity index (χ1n) is 1.18. The van der Waals surface area contributed by atoms with Crippen molar-refractivity contribution < 1.29 is 0 Å². The highest BCUT2D eigenvalue weighted by molar-refractivity contribution is 6.22. The number of hydrogen-bond donors (Lipinski definition) is 0. The summed E-state index contributed by atoms with van der Waals surface area (Å²) in [6, 6.07) is 0. The Balaban J connectivity index is 1.97. The van der Waals surface area contributed by atoms with Gasteiger partial charge in [0.2, 0.25) is 0 Å². The van der Waals surface area contributed by atoms with Crippen molar-refractivity contribution in [2.24, 2.45) is 0 Å². The Morgan fingerprint density at radius 2 is 2.00 bits per heavy atom. The van der Waals surface area contributed by atoms with E-state index in [1.54, 1.807) is 0 Å². The van der Waals surface area contributed by atoms with Crippen LogP contribution in [0.5, 0.6) is 0 Å². The van der Waals surface area contributed by atoms with Crippen LogP contribution in [0, 0.1) is 0 Å². The molecule has 22 valence electrons. The first-order valence-corrected chi connectivity index (χ1v) is 2.53. The van der Waals surface area contributed by atoms with Gasteiger partial charge >= 0.3 is 0 Å². The summed E-state index contributed by atoms with van der Waals surface area (Å²) in [5.41, 5.74) is 0. The molecule has 0 amide bonds. The van der Waals surface area contributed by atoms with Crippen molar-refractivity contribution in [1.82, 2.24) is 0 Å². The van der Waals surface area contributed by atoms with Crippen LogP contribution in [0.15, 0.2) is 0 Å². The SMILES string of the molecule is [Al][CH2]CCl. The fourth-order valence-corrected chi connectivity index (χ4v) is 0. The summed E-state index contributed by atoms with van der Waals surface area (Å²) in [4.78, 5) is 0. The lowest BCUT2D eigenvalue weighted by molar-refractivity contribution is 1.49. The van der Waals surface area contributed by atoms with Crippen LogP contribution in [0.4, 0.5) is 0 Å². The first-order chi connectivity index (χ1) is 1.91. The predicted octanol–water partition coefficient (Wildman–Crippen LogP) is 0.812. The van der Waals surface area contributed by atoms with Gasteiger partial charge in [-0.05, 0) is 0 Å². The summed E-state index contributed by atoms with van der Waals surface area (Å²) in [6.07, 6.45) is 0. The largest absolute Gasteiger partial charge is 0.128 e. The molecule has 0 nitrogen and oxygen atoms in total. The van der Waals surface area contributed by atoms with Gasteiger partial charge in [0.25, 0.3) is 0 Å². The van der Waals surface area contributed by atoms with Gasteiger partial charge in [0.15, 0.2) is 0 Å². The van der Waals surface area contributed by atoms with E-state index in [0.29, 0.717) is 0 Å². The molecule has 0 aliphatic heterocycles. The summed E-state index contributed by atoms with van der Waals surface area (Å²) in [6.45, 7) is 0. The van der Waals surface area contributed by atoms with Crippen molar-refractivity contribution in [3.8, 4) is 0 Å². The molecule has 0 aromatic rings. The highest BCUT2D eigenvalue weighted by atomic mass is 35.5. The molecule has 0 N–H and O–H groups in total. The summed E-state index contributed by atoms with van der Waals surface area (Å²) >= 11 is 7.69. The predicted molar refractivity (Wildman–Crippen MR) is 21.3 cm³/mol. The molecule has 0 rings (SSSR count). The second-order valence-corrected chi connectivity index (χ2v) is 1.43. The third-order valence-corrected chi connectivity index (χ3v) is 0.982. The second kappa shape index (κ2) is 3.82. The van der Waals surface area contributed by atoms with Crippen molar-refractivity contribution in [2.75, 3.05) is 5.88 Å². The van der Waals surface area contributed by atoms with E-state index in [1.807, 2.05) is 0 Å². The summed E-state index contributed by atoms with van der Waals surface area (Å²) in [5.74, 6) is 0.755. The number of rotatable bonds is 1. The summed E-state index contributed by atoms with van der Waals surface area (Å²) in [7, 11) is 0. The average molecular weight is 90.5 g/mol. The van der Waals surface area contributed by atoms with Crippen LogP contribution in [-0.4, -0.2) is 22.2 Å². The normalized spacial score (nSPS) is 7.25. The molecular formula is C2H4AlCl. The Kier molecular flexibility index (Phi) is 4.61. The third-order valence-electron chi connectivity index (χ3n) is 0.109. The standard InChI is InChI=1S/C2H4Cl.Al/c1-2-3;/h1-2H2;. The molecule has 4 heavy (non-hydrogen) atoms. The van der Waals surface area contributed by atoms with Gasteiger partial charge in [-0.15, -0.1) is 16.9 Å². The fourth-order valence-electron chi connectivity index (χ4n) is 0. The molecule has 0 saturated heterocycles. The van der Waals surface area contributed by atoms with Crippen LogP contribution < -0.4 is 0 Å². The van der Waals surface area contributed by atoms with Gasteiger partial charge in [-0.25, -0.2) is 0 Å². The van der Waals surface area contributed by atoms with Crippen LogP contribution in [0.1, 0.15) is 0 Å². The summed E-state index contributed by atoms with van der Waals surface area (Å²) < 4.78 is 0. The van der Waals surface area contributed by atoms with Gasteiger partial charge in [-0.3, -0.25) is 0 Å². The minimum Gasteiger partial charge on any atom is -0.128 e. The molecule has 0 aliphatic carbocycles. The van der Waals surface area contributed by atoms with Crippen LogP contribution in [-0.2, 0) is 0 Å². The number of hydrogen-bond acceptors (Lipinski definition) is 0. The smallest absolute Gasteiger partial charge is 0.120 e. The van der Waals surface area contributed by atoms with Gasteiger partial charge in [0.05, 0.1) is 0 Å². The maximum Gasteiger partial charge on any atom is 0.120 e. The zero-order valence-electron chi connectivity index (χ0n) is 2.37. The van der Waals surface area contributed by atoms with Gasteiger partial charge in [-0.2, -0.15) is 0 Å². The monoisotopic (exact) mass is 90.0 g/mol. The molecule has 0 spiro atoms. The van der Waals surface area contributed by atoms with E-state index in [1.165, 1.54) is 0 Å². The van der Waals surface area contributed by atoms with E-state index >= 15 is 0 Å². The molecule has 0 aliphatic rings. The third kappa shape index (κ3) is 2.82. The van der Waals surface area contributed by atoms with Crippen molar-refractivity contribution in [1.29, 1.82) is 0 Å². The number of alkyl halides is 1. The molecule has 2 radical (unpaired) electrons. The quantitative estimate of drug-likeness (QED) is 0.330. The Bertz CT molecular complexity index is 8.00. The van der Waals surface area contributed by atoms with Crippen LogP contribution in [0.2, 0.25) is 5.28 Å². The average Bonchev–Trinajstić information content (AvgIpc) is 1.37. The topological polar surface area (TPSA) is 0 Å². The van der Waals surface area contributed by atoms with E-state index in [4.69, 9.17) is 11.6 Å². The molecule has 0 atom stereocenters. The van der Waals surface area contributed by atoms with Crippen molar-refractivity contribution >= 4 is 27.9 Å². The first kappa shape index (κ1) is 4.82. The van der Waals surface area contributed by atoms with E-state index in [9.17, 15) is 0 Å². The molecule has 0 bridgehead atoms. The molecular weight excluding hydrogens is 86.5 g/mol. The van der Waals surface area contributed by atoms with Gasteiger partial charge in [-0.1, -0.05) is 0 Å². The van der Waals surface area contributed by atoms with E-state index in [-0.39, 0.29) is 0 Å². The summed E-state index contributed by atoms with van der Waals surface area (Å²) in [5, 5.41) is 1.00. The van der Waals surface area contributed by atoms with Crippen LogP contribution >= 0.6 is 11.6 Å². The van der Waals surface area contributed by atoms with Gasteiger partial charge in [0.1, 0.15) is 16.3 Å². The highest BCUT2D eigenvalue weighted by Gasteiger charge is 1.59. The van der Waals surface area contributed by atoms with E-state index in [2.05, 4.69) is 16.3 Å². The molecule has 0 fully saturated rings. The van der Waals surface area contributed by atoms with Crippen molar-refractivity contribution in [2.45, 2.75) is 5.28 Å². The number of halogens is 1. The van der Waals surface area contributed by atoms with Gasteiger partial charge in [0, 0.05) is 5.88 Å². The zero-order valence-corrected chi connectivity index (χ0v) is 4.28. The maximum atomic E-state index is 5.17. The van der Waals surface area contributed by atoms with Crippen molar-refractivity contribution in [3.63, 3.8) is 0 Å². The fraction of sp³-hybridized carbons (Fsp3) is 1.00. The Hall–Kier alpha value is 0.822. The zero-order chi connectivity index (χ0) is 3.41. The van der Waals surface area contributed by atoms with Gasteiger partial charge < -0.3 is 0 Å². The highest BCUT2D eigenvalue weighted by Crippen LogP contribution is 1.73. The maximum absolute atomic E-state index is 5.17. The minimum absolute atomic E-state index is 0.755. The molecule has 0 saturated carbocycles. The molecule has 0 aromatic carbocycles. The molecule has 0 heterocycles. The van der Waals surface area contributed by atoms with E-state index < -0.39 is 0 Å². The van der Waals surface area contributed by atoms with Crippen molar-refractivity contribution in [3.05, 3.63) is 0 Å². The molecule has 0 unspecified atom stereocenters. The molecule has 0 aromatic heterocycles. The lowest BCUT2D eigenvalue weighted by atomic mass is 11.0. The Labute approximate surface area is 39.6 Å².